The van der Waals surface area contributed by atoms with E-state index in [-0.39, 0.29) is 0 Å². The van der Waals surface area contributed by atoms with Crippen LogP contribution in [0.25, 0.3) is 11.4 Å². The first-order valence-electron chi connectivity index (χ1n) is 11.9. The Bertz CT molecular complexity index is 1280. The van der Waals surface area contributed by atoms with Crippen molar-refractivity contribution < 1.29 is 4.74 Å². The average molecular weight is 467 g/mol. The number of rotatable bonds is 6. The lowest BCUT2D eigenvalue weighted by molar-refractivity contribution is 0.313. The minimum absolute atomic E-state index is 0.667. The van der Waals surface area contributed by atoms with E-state index in [1.54, 1.807) is 12.4 Å². The number of ether oxygens (including phenoxy) is 1. The van der Waals surface area contributed by atoms with Gasteiger partial charge in [0.15, 0.2) is 5.75 Å². The van der Waals surface area contributed by atoms with Crippen molar-refractivity contribution in [3.05, 3.63) is 84.3 Å². The molecule has 178 valence electrons. The predicted octanol–water partition coefficient (Wildman–Crippen LogP) is 5.44. The molecule has 0 aliphatic carbocycles. The Morgan fingerprint density at radius 1 is 0.857 bits per heavy atom. The molecule has 5 rings (SSSR count). The fourth-order valence-electron chi connectivity index (χ4n) is 4.08. The van der Waals surface area contributed by atoms with Gasteiger partial charge >= 0.3 is 0 Å². The summed E-state index contributed by atoms with van der Waals surface area (Å²) in [5.41, 5.74) is 5.74. The monoisotopic (exact) mass is 466 g/mol. The molecule has 3 aromatic heterocycles. The summed E-state index contributed by atoms with van der Waals surface area (Å²) in [6, 6.07) is 20.0. The second kappa shape index (κ2) is 10.1. The number of nitrogens with one attached hydrogen (secondary N) is 1. The number of anilines is 3. The number of hydrogen-bond donors (Lipinski definition) is 1. The van der Waals surface area contributed by atoms with Crippen molar-refractivity contribution in [2.75, 3.05) is 43.4 Å². The number of aryl methyl sites for hydroxylation is 2. The SMILES string of the molecule is Cc1cc(Oc2ccnc(Nc3ccc(N4CCN(C)CC4)cc3)c2)c(-c2ccccn2)nc1C. The third-order valence-electron chi connectivity index (χ3n) is 6.31. The maximum Gasteiger partial charge on any atom is 0.155 e. The standard InChI is InChI=1S/C28H30N6O/c1-20-18-26(28(31-21(20)2)25-6-4-5-12-29-25)35-24-11-13-30-27(19-24)32-22-7-9-23(10-8-22)34-16-14-33(3)15-17-34/h4-13,18-19H,14-17H2,1-3H3,(H,30,32). The van der Waals surface area contributed by atoms with Crippen LogP contribution >= 0.6 is 0 Å². The normalized spacial score (nSPS) is 14.1. The van der Waals surface area contributed by atoms with E-state index in [9.17, 15) is 0 Å². The van der Waals surface area contributed by atoms with Crippen LogP contribution in [0.15, 0.2) is 73.1 Å². The fourth-order valence-corrected chi connectivity index (χ4v) is 4.08. The number of hydrogen-bond acceptors (Lipinski definition) is 7. The molecule has 1 fully saturated rings. The summed E-state index contributed by atoms with van der Waals surface area (Å²) in [4.78, 5) is 18.5. The van der Waals surface area contributed by atoms with Gasteiger partial charge in [-0.05, 0) is 75.0 Å². The largest absolute Gasteiger partial charge is 0.455 e. The smallest absolute Gasteiger partial charge is 0.155 e. The second-order valence-electron chi connectivity index (χ2n) is 8.89. The molecule has 1 aliphatic rings. The summed E-state index contributed by atoms with van der Waals surface area (Å²) in [6.07, 6.45) is 3.50. The lowest BCUT2D eigenvalue weighted by Crippen LogP contribution is -2.44. The molecule has 1 aromatic carbocycles. The van der Waals surface area contributed by atoms with Crippen molar-refractivity contribution in [2.24, 2.45) is 0 Å². The molecule has 1 saturated heterocycles. The van der Waals surface area contributed by atoms with Crippen molar-refractivity contribution >= 4 is 17.2 Å². The van der Waals surface area contributed by atoms with Crippen molar-refractivity contribution in [1.29, 1.82) is 0 Å². The molecule has 1 aliphatic heterocycles. The highest BCUT2D eigenvalue weighted by Crippen LogP contribution is 2.33. The van der Waals surface area contributed by atoms with Crippen LogP contribution in [0.1, 0.15) is 11.3 Å². The molecular weight excluding hydrogens is 436 g/mol. The van der Waals surface area contributed by atoms with Crippen molar-refractivity contribution in [1.82, 2.24) is 19.9 Å². The minimum atomic E-state index is 0.667. The van der Waals surface area contributed by atoms with Crippen molar-refractivity contribution in [3.8, 4) is 22.9 Å². The third kappa shape index (κ3) is 5.41. The maximum absolute atomic E-state index is 6.29. The Balaban J connectivity index is 1.33. The first-order chi connectivity index (χ1) is 17.0. The molecule has 0 bridgehead atoms. The highest BCUT2D eigenvalue weighted by Gasteiger charge is 2.15. The van der Waals surface area contributed by atoms with E-state index in [1.807, 2.05) is 50.2 Å². The molecule has 0 atom stereocenters. The van der Waals surface area contributed by atoms with Crippen LogP contribution in [0.3, 0.4) is 0 Å². The van der Waals surface area contributed by atoms with Gasteiger partial charge in [-0.3, -0.25) is 4.98 Å². The summed E-state index contributed by atoms with van der Waals surface area (Å²) in [7, 11) is 2.17. The molecule has 0 radical (unpaired) electrons. The van der Waals surface area contributed by atoms with E-state index in [2.05, 4.69) is 56.4 Å². The molecule has 1 N–H and O–H groups in total. The van der Waals surface area contributed by atoms with Gasteiger partial charge in [0.25, 0.3) is 0 Å². The Morgan fingerprint density at radius 2 is 1.66 bits per heavy atom. The summed E-state index contributed by atoms with van der Waals surface area (Å²) < 4.78 is 6.29. The Labute approximate surface area is 206 Å². The molecular formula is C28H30N6O. The van der Waals surface area contributed by atoms with Crippen LogP contribution < -0.4 is 15.0 Å². The van der Waals surface area contributed by atoms with Gasteiger partial charge in [-0.25, -0.2) is 9.97 Å². The molecule has 4 heterocycles. The van der Waals surface area contributed by atoms with Crippen molar-refractivity contribution in [3.63, 3.8) is 0 Å². The van der Waals surface area contributed by atoms with E-state index < -0.39 is 0 Å². The zero-order chi connectivity index (χ0) is 24.2. The number of piperazine rings is 1. The quantitative estimate of drug-likeness (QED) is 0.406. The van der Waals surface area contributed by atoms with Gasteiger partial charge < -0.3 is 19.9 Å². The molecule has 0 spiro atoms. The van der Waals surface area contributed by atoms with Gasteiger partial charge in [-0.15, -0.1) is 0 Å². The molecule has 35 heavy (non-hydrogen) atoms. The fraction of sp³-hybridized carbons (Fsp3) is 0.250. The van der Waals surface area contributed by atoms with Gasteiger partial charge in [0.1, 0.15) is 17.3 Å². The Kier molecular flexibility index (Phi) is 6.59. The minimum Gasteiger partial charge on any atom is -0.455 e. The summed E-state index contributed by atoms with van der Waals surface area (Å²) in [5, 5.41) is 3.39. The zero-order valence-electron chi connectivity index (χ0n) is 20.4. The van der Waals surface area contributed by atoms with E-state index >= 15 is 0 Å². The molecule has 0 saturated carbocycles. The molecule has 4 aromatic rings. The molecule has 7 heteroatoms. The zero-order valence-corrected chi connectivity index (χ0v) is 20.4. The van der Waals surface area contributed by atoms with Crippen LogP contribution in [0, 0.1) is 13.8 Å². The highest BCUT2D eigenvalue weighted by molar-refractivity contribution is 5.65. The number of benzene rings is 1. The first-order valence-corrected chi connectivity index (χ1v) is 11.9. The lowest BCUT2D eigenvalue weighted by Gasteiger charge is -2.34. The topological polar surface area (TPSA) is 66.4 Å². The van der Waals surface area contributed by atoms with E-state index in [0.29, 0.717) is 17.3 Å². The summed E-state index contributed by atoms with van der Waals surface area (Å²) in [5.74, 6) is 2.06. The van der Waals surface area contributed by atoms with Gasteiger partial charge in [-0.1, -0.05) is 6.07 Å². The molecule has 0 amide bonds. The van der Waals surface area contributed by atoms with Gasteiger partial charge in [0.2, 0.25) is 0 Å². The van der Waals surface area contributed by atoms with E-state index in [0.717, 1.165) is 54.5 Å². The van der Waals surface area contributed by atoms with Crippen LogP contribution in [-0.2, 0) is 0 Å². The maximum atomic E-state index is 6.29. The molecule has 7 nitrogen and oxygen atoms in total. The first kappa shape index (κ1) is 22.8. The lowest BCUT2D eigenvalue weighted by atomic mass is 10.1. The summed E-state index contributed by atoms with van der Waals surface area (Å²) in [6.45, 7) is 8.32. The average Bonchev–Trinajstić information content (AvgIpc) is 2.88. The van der Waals surface area contributed by atoms with E-state index in [1.165, 1.54) is 5.69 Å². The van der Waals surface area contributed by atoms with Crippen molar-refractivity contribution in [2.45, 2.75) is 13.8 Å². The van der Waals surface area contributed by atoms with Crippen LogP contribution in [0.5, 0.6) is 11.5 Å². The third-order valence-corrected chi connectivity index (χ3v) is 6.31. The Morgan fingerprint density at radius 3 is 2.40 bits per heavy atom. The number of pyridine rings is 3. The Hall–Kier alpha value is -3.97. The van der Waals surface area contributed by atoms with Crippen LogP contribution in [-0.4, -0.2) is 53.1 Å². The number of nitrogens with zero attached hydrogens (tertiary/aromatic N) is 5. The summed E-state index contributed by atoms with van der Waals surface area (Å²) >= 11 is 0. The predicted molar refractivity (Wildman–Crippen MR) is 141 cm³/mol. The number of likely N-dealkylation sites (N-methyl/N-ethyl adjacent to an activating group) is 1. The number of aromatic nitrogens is 3. The van der Waals surface area contributed by atoms with Gasteiger partial charge in [0, 0.05) is 61.7 Å². The second-order valence-corrected chi connectivity index (χ2v) is 8.89. The molecule has 0 unspecified atom stereocenters. The van der Waals surface area contributed by atoms with Gasteiger partial charge in [0.05, 0.1) is 5.69 Å². The highest BCUT2D eigenvalue weighted by atomic mass is 16.5. The van der Waals surface area contributed by atoms with E-state index in [4.69, 9.17) is 9.72 Å². The van der Waals surface area contributed by atoms with Crippen LogP contribution in [0.4, 0.5) is 17.2 Å². The van der Waals surface area contributed by atoms with Crippen LogP contribution in [0.2, 0.25) is 0 Å². The van der Waals surface area contributed by atoms with Gasteiger partial charge in [-0.2, -0.15) is 0 Å².